The quantitative estimate of drug-likeness (QED) is 0.365. The zero-order valence-corrected chi connectivity index (χ0v) is 20.0. The molecule has 1 aromatic carbocycles. The van der Waals surface area contributed by atoms with Gasteiger partial charge in [-0.15, -0.1) is 0 Å². The summed E-state index contributed by atoms with van der Waals surface area (Å²) in [4.78, 5) is 12.2. The Morgan fingerprint density at radius 3 is 2.43 bits per heavy atom. The van der Waals surface area contributed by atoms with E-state index in [0.29, 0.717) is 23.4 Å². The first-order chi connectivity index (χ1) is 17.5. The van der Waals surface area contributed by atoms with E-state index in [1.165, 1.54) is 24.5 Å². The number of hydrogen-bond acceptors (Lipinski definition) is 6. The van der Waals surface area contributed by atoms with E-state index in [4.69, 9.17) is 0 Å². The van der Waals surface area contributed by atoms with Gasteiger partial charge in [0.2, 0.25) is 16.0 Å². The molecule has 0 radical (unpaired) electrons. The van der Waals surface area contributed by atoms with Gasteiger partial charge in [0.25, 0.3) is 0 Å². The molecule has 3 heterocycles. The van der Waals surface area contributed by atoms with E-state index in [1.54, 1.807) is 21.4 Å². The zero-order valence-electron chi connectivity index (χ0n) is 19.2. The third-order valence-corrected chi connectivity index (χ3v) is 7.60. The van der Waals surface area contributed by atoms with Crippen molar-refractivity contribution in [2.24, 2.45) is 0 Å². The number of sulfonamides is 1. The standard InChI is InChI=1S/C24H18F4N6O2S/c1-13(24(26,27)28)33-37(35,36)15-5-6-20(32-12-15)22-18(11-29)17-9-19(25)16(14-3-4-14)10-21(17)34(22)23-30-7-2-8-31-23/h2,5-10,12-14,33H,3-4H2,1H3/t13-/m0/s1. The van der Waals surface area contributed by atoms with Crippen LogP contribution in [0.1, 0.15) is 36.8 Å². The summed E-state index contributed by atoms with van der Waals surface area (Å²) < 4.78 is 81.6. The molecule has 37 heavy (non-hydrogen) atoms. The SMILES string of the molecule is C[C@H](NS(=O)(=O)c1ccc(-c2c(C#N)c3cc(F)c(C4CC4)cc3n2-c2ncccn2)nc1)C(F)(F)F. The number of aromatic nitrogens is 4. The number of rotatable bonds is 6. The van der Waals surface area contributed by atoms with Crippen LogP contribution in [0.15, 0.2) is 53.8 Å². The topological polar surface area (TPSA) is 114 Å². The Kier molecular flexibility index (Phi) is 5.96. The van der Waals surface area contributed by atoms with Crippen LogP contribution >= 0.6 is 0 Å². The molecule has 0 unspecified atom stereocenters. The molecule has 0 aliphatic heterocycles. The number of fused-ring (bicyclic) bond motifs is 1. The number of nitriles is 1. The third-order valence-electron chi connectivity index (χ3n) is 6.08. The lowest BCUT2D eigenvalue weighted by atomic mass is 10.0. The Balaban J connectivity index is 1.68. The first kappa shape index (κ1) is 24.8. The third kappa shape index (κ3) is 4.54. The first-order valence-corrected chi connectivity index (χ1v) is 12.6. The highest BCUT2D eigenvalue weighted by atomic mass is 32.2. The fourth-order valence-corrected chi connectivity index (χ4v) is 5.22. The minimum atomic E-state index is -4.77. The predicted octanol–water partition coefficient (Wildman–Crippen LogP) is 4.60. The molecule has 1 atom stereocenters. The van der Waals surface area contributed by atoms with Crippen LogP contribution in [0, 0.1) is 17.1 Å². The first-order valence-electron chi connectivity index (χ1n) is 11.1. The number of pyridine rings is 1. The van der Waals surface area contributed by atoms with Gasteiger partial charge >= 0.3 is 6.18 Å². The Morgan fingerprint density at radius 1 is 1.16 bits per heavy atom. The fourth-order valence-electron chi connectivity index (χ4n) is 4.05. The van der Waals surface area contributed by atoms with E-state index < -0.39 is 33.0 Å². The molecule has 190 valence electrons. The Labute approximate surface area is 208 Å². The fraction of sp³-hybridized carbons (Fsp3) is 0.250. The number of nitrogens with one attached hydrogen (secondary N) is 1. The van der Waals surface area contributed by atoms with Crippen molar-refractivity contribution in [2.45, 2.75) is 42.8 Å². The van der Waals surface area contributed by atoms with Crippen molar-refractivity contribution in [3.05, 3.63) is 65.9 Å². The highest BCUT2D eigenvalue weighted by molar-refractivity contribution is 7.89. The van der Waals surface area contributed by atoms with Gasteiger partial charge in [-0.2, -0.15) is 23.2 Å². The van der Waals surface area contributed by atoms with E-state index in [9.17, 15) is 31.2 Å². The Hall–Kier alpha value is -3.89. The molecule has 1 saturated carbocycles. The van der Waals surface area contributed by atoms with Gasteiger partial charge in [0, 0.05) is 24.0 Å². The molecule has 0 bridgehead atoms. The van der Waals surface area contributed by atoms with Crippen molar-refractivity contribution in [1.82, 2.24) is 24.2 Å². The highest BCUT2D eigenvalue weighted by Gasteiger charge is 2.39. The average Bonchev–Trinajstić information content (AvgIpc) is 3.65. The van der Waals surface area contributed by atoms with Gasteiger partial charge in [-0.25, -0.2) is 22.8 Å². The van der Waals surface area contributed by atoms with E-state index in [-0.39, 0.29) is 28.8 Å². The van der Waals surface area contributed by atoms with Crippen LogP contribution in [0.3, 0.4) is 0 Å². The maximum absolute atomic E-state index is 14.9. The number of nitrogens with zero attached hydrogens (tertiary/aromatic N) is 5. The van der Waals surface area contributed by atoms with E-state index >= 15 is 0 Å². The molecule has 8 nitrogen and oxygen atoms in total. The number of benzene rings is 1. The molecule has 3 aromatic heterocycles. The molecular weight excluding hydrogens is 512 g/mol. The summed E-state index contributed by atoms with van der Waals surface area (Å²) in [7, 11) is -4.54. The largest absolute Gasteiger partial charge is 0.404 e. The maximum atomic E-state index is 14.9. The van der Waals surface area contributed by atoms with Crippen LogP contribution in [0.2, 0.25) is 0 Å². The van der Waals surface area contributed by atoms with Crippen molar-refractivity contribution in [3.63, 3.8) is 0 Å². The van der Waals surface area contributed by atoms with Gasteiger partial charge in [0.15, 0.2) is 0 Å². The van der Waals surface area contributed by atoms with Crippen molar-refractivity contribution in [1.29, 1.82) is 5.26 Å². The molecule has 1 N–H and O–H groups in total. The van der Waals surface area contributed by atoms with Crippen molar-refractivity contribution >= 4 is 20.9 Å². The summed E-state index contributed by atoms with van der Waals surface area (Å²) in [5.74, 6) is -0.187. The van der Waals surface area contributed by atoms with E-state index in [2.05, 4.69) is 21.0 Å². The lowest BCUT2D eigenvalue weighted by molar-refractivity contribution is -0.147. The number of hydrogen-bond donors (Lipinski definition) is 1. The number of halogens is 4. The molecule has 13 heteroatoms. The number of alkyl halides is 3. The monoisotopic (exact) mass is 530 g/mol. The van der Waals surface area contributed by atoms with Crippen molar-refractivity contribution in [2.75, 3.05) is 0 Å². The van der Waals surface area contributed by atoms with Crippen LogP contribution in [-0.4, -0.2) is 40.2 Å². The Morgan fingerprint density at radius 2 is 1.86 bits per heavy atom. The molecule has 0 amide bonds. The van der Waals surface area contributed by atoms with Gasteiger partial charge in [-0.05, 0) is 61.6 Å². The van der Waals surface area contributed by atoms with Gasteiger partial charge in [-0.1, -0.05) is 0 Å². The summed E-state index contributed by atoms with van der Waals surface area (Å²) in [5, 5.41) is 10.3. The van der Waals surface area contributed by atoms with Gasteiger partial charge < -0.3 is 0 Å². The summed E-state index contributed by atoms with van der Waals surface area (Å²) in [6, 6.07) is 6.64. The summed E-state index contributed by atoms with van der Waals surface area (Å²) in [5.41, 5.74) is 1.36. The van der Waals surface area contributed by atoms with Crippen LogP contribution in [0.25, 0.3) is 28.2 Å². The minimum Gasteiger partial charge on any atom is -0.275 e. The van der Waals surface area contributed by atoms with Crippen LogP contribution in [0.5, 0.6) is 0 Å². The molecule has 5 rings (SSSR count). The van der Waals surface area contributed by atoms with E-state index in [0.717, 1.165) is 25.1 Å². The van der Waals surface area contributed by atoms with Crippen LogP contribution < -0.4 is 4.72 Å². The van der Waals surface area contributed by atoms with Crippen LogP contribution in [0.4, 0.5) is 17.6 Å². The highest BCUT2D eigenvalue weighted by Crippen LogP contribution is 2.44. The second-order valence-electron chi connectivity index (χ2n) is 8.65. The van der Waals surface area contributed by atoms with Gasteiger partial charge in [-0.3, -0.25) is 9.55 Å². The zero-order chi connectivity index (χ0) is 26.5. The molecule has 1 aliphatic carbocycles. The summed E-state index contributed by atoms with van der Waals surface area (Å²) >= 11 is 0. The van der Waals surface area contributed by atoms with Crippen molar-refractivity contribution < 1.29 is 26.0 Å². The normalized spacial score (nSPS) is 15.0. The van der Waals surface area contributed by atoms with Gasteiger partial charge in [0.1, 0.15) is 22.8 Å². The Bertz CT molecular complexity index is 1640. The second-order valence-corrected chi connectivity index (χ2v) is 10.4. The molecule has 1 aliphatic rings. The molecule has 4 aromatic rings. The lowest BCUT2D eigenvalue weighted by Gasteiger charge is -2.17. The lowest BCUT2D eigenvalue weighted by Crippen LogP contribution is -2.42. The minimum absolute atomic E-state index is 0.0654. The smallest absolute Gasteiger partial charge is 0.275 e. The predicted molar refractivity (Wildman–Crippen MR) is 125 cm³/mol. The molecular formula is C24H18F4N6O2S. The van der Waals surface area contributed by atoms with Crippen LogP contribution in [-0.2, 0) is 10.0 Å². The molecule has 0 spiro atoms. The summed E-state index contributed by atoms with van der Waals surface area (Å²) in [6.45, 7) is 0.686. The average molecular weight is 531 g/mol. The van der Waals surface area contributed by atoms with E-state index in [1.807, 2.05) is 0 Å². The van der Waals surface area contributed by atoms with Crippen molar-refractivity contribution in [3.8, 4) is 23.4 Å². The van der Waals surface area contributed by atoms with Gasteiger partial charge in [0.05, 0.1) is 22.5 Å². The second kappa shape index (κ2) is 8.89. The molecule has 1 fully saturated rings. The maximum Gasteiger partial charge on any atom is 0.404 e. The summed E-state index contributed by atoms with van der Waals surface area (Å²) in [6.07, 6.45) is 0.806. The molecule has 0 saturated heterocycles.